The van der Waals surface area contributed by atoms with E-state index in [1.54, 1.807) is 0 Å². The predicted molar refractivity (Wildman–Crippen MR) is 177 cm³/mol. The first-order valence-electron chi connectivity index (χ1n) is 9.85. The monoisotopic (exact) mass is 814 g/mol. The van der Waals surface area contributed by atoms with Crippen LogP contribution in [0.5, 0.6) is 0 Å². The molecule has 6 rings (SSSR count). The van der Waals surface area contributed by atoms with E-state index in [-0.39, 0.29) is 0 Å². The normalized spacial score (nSPS) is 12.1. The molecule has 0 saturated heterocycles. The average molecular weight is 818 g/mol. The van der Waals surface area contributed by atoms with Gasteiger partial charge in [0.25, 0.3) is 0 Å². The third-order valence-corrected chi connectivity index (χ3v) is 18.1. The van der Waals surface area contributed by atoms with Crippen molar-refractivity contribution in [2.75, 3.05) is 38.0 Å². The second-order valence-electron chi connectivity index (χ2n) is 7.98. The summed E-state index contributed by atoms with van der Waals surface area (Å²) in [5.74, 6) is 0. The highest BCUT2D eigenvalue weighted by molar-refractivity contribution is 9.11. The smallest absolute Gasteiger partial charge is 0.0921 e. The number of nitrogens with zero attached hydrogens (tertiary/aromatic N) is 2. The largest absolute Gasteiger partial charge is 0.370 e. The maximum atomic E-state index is 3.96. The van der Waals surface area contributed by atoms with Crippen LogP contribution >= 0.6 is 132 Å². The molecule has 6 aromatic heterocycles. The maximum Gasteiger partial charge on any atom is 0.0921 e. The number of thiophene rings is 6. The fraction of sp³-hybridized carbons (Fsp3) is 0.182. The van der Waals surface area contributed by atoms with Gasteiger partial charge >= 0.3 is 0 Å². The maximum absolute atomic E-state index is 3.96. The van der Waals surface area contributed by atoms with Gasteiger partial charge in [-0.1, -0.05) is 0 Å². The van der Waals surface area contributed by atoms with Gasteiger partial charge in [0.05, 0.1) is 66.7 Å². The summed E-state index contributed by atoms with van der Waals surface area (Å²) in [6, 6.07) is 4.42. The Labute approximate surface area is 254 Å². The van der Waals surface area contributed by atoms with Gasteiger partial charge in [0.15, 0.2) is 0 Å². The van der Waals surface area contributed by atoms with Gasteiger partial charge in [0, 0.05) is 37.1 Å². The summed E-state index contributed by atoms with van der Waals surface area (Å²) in [5, 5.41) is 2.50. The Bertz CT molecular complexity index is 1600. The van der Waals surface area contributed by atoms with E-state index in [1.807, 2.05) is 68.0 Å². The van der Waals surface area contributed by atoms with Crippen molar-refractivity contribution in [1.29, 1.82) is 0 Å². The summed E-state index contributed by atoms with van der Waals surface area (Å²) in [6.45, 7) is 0. The van der Waals surface area contributed by atoms with Gasteiger partial charge in [0.2, 0.25) is 0 Å². The van der Waals surface area contributed by atoms with Crippen molar-refractivity contribution in [3.8, 4) is 19.5 Å². The molecule has 0 aromatic carbocycles. The van der Waals surface area contributed by atoms with Crippen LogP contribution in [0.4, 0.5) is 10.0 Å². The van der Waals surface area contributed by atoms with E-state index in [2.05, 4.69) is 114 Å². The van der Waals surface area contributed by atoms with Crippen LogP contribution in [0.2, 0.25) is 0 Å². The Hall–Kier alpha value is 0.500. The average Bonchev–Trinajstić information content (AvgIpc) is 3.57. The fourth-order valence-corrected chi connectivity index (χ4v) is 15.7. The van der Waals surface area contributed by atoms with Crippen LogP contribution in [-0.4, -0.2) is 28.2 Å². The van der Waals surface area contributed by atoms with Crippen molar-refractivity contribution < 1.29 is 0 Å². The van der Waals surface area contributed by atoms with Gasteiger partial charge in [-0.2, -0.15) is 0 Å². The summed E-state index contributed by atoms with van der Waals surface area (Å²) in [6.07, 6.45) is 0. The van der Waals surface area contributed by atoms with Gasteiger partial charge < -0.3 is 9.80 Å². The molecule has 0 spiro atoms. The molecular formula is C22H14Br4N2S6. The van der Waals surface area contributed by atoms with E-state index < -0.39 is 0 Å². The molecule has 12 heteroatoms. The lowest BCUT2D eigenvalue weighted by atomic mass is 10.3. The Morgan fingerprint density at radius 2 is 0.824 bits per heavy atom. The van der Waals surface area contributed by atoms with Gasteiger partial charge in [-0.15, -0.1) is 68.0 Å². The van der Waals surface area contributed by atoms with Gasteiger partial charge in [-0.05, 0) is 75.9 Å². The lowest BCUT2D eigenvalue weighted by Crippen LogP contribution is -2.05. The Morgan fingerprint density at radius 3 is 1.15 bits per heavy atom. The molecule has 34 heavy (non-hydrogen) atoms. The third-order valence-electron chi connectivity index (χ3n) is 5.29. The van der Waals surface area contributed by atoms with Crippen molar-refractivity contribution in [3.63, 3.8) is 0 Å². The van der Waals surface area contributed by atoms with Crippen LogP contribution in [0.3, 0.4) is 0 Å². The highest BCUT2D eigenvalue weighted by atomic mass is 79.9. The number of fused-ring (bicyclic) bond motifs is 5. The van der Waals surface area contributed by atoms with Crippen molar-refractivity contribution in [2.24, 2.45) is 0 Å². The third kappa shape index (κ3) is 3.77. The molecule has 6 aromatic rings. The minimum absolute atomic E-state index is 1.16. The molecule has 176 valence electrons. The van der Waals surface area contributed by atoms with E-state index in [4.69, 9.17) is 0 Å². The quantitative estimate of drug-likeness (QED) is 0.175. The number of hydrogen-bond donors (Lipinski definition) is 0. The lowest BCUT2D eigenvalue weighted by Gasteiger charge is -2.06. The molecule has 0 amide bonds. The molecule has 0 fully saturated rings. The van der Waals surface area contributed by atoms with E-state index in [1.165, 1.54) is 66.7 Å². The molecule has 0 aliphatic carbocycles. The second kappa shape index (κ2) is 9.06. The van der Waals surface area contributed by atoms with Crippen LogP contribution in [0.25, 0.3) is 47.7 Å². The summed E-state index contributed by atoms with van der Waals surface area (Å²) >= 11 is 26.8. The zero-order valence-corrected chi connectivity index (χ0v) is 29.3. The van der Waals surface area contributed by atoms with E-state index in [0.29, 0.717) is 0 Å². The lowest BCUT2D eigenvalue weighted by molar-refractivity contribution is 1.16. The molecule has 0 N–H and O–H groups in total. The molecule has 0 radical (unpaired) electrons. The minimum atomic E-state index is 1.16. The zero-order chi connectivity index (χ0) is 24.0. The number of halogens is 4. The summed E-state index contributed by atoms with van der Waals surface area (Å²) in [4.78, 5) is 9.52. The highest BCUT2D eigenvalue weighted by Gasteiger charge is 2.26. The molecule has 0 aliphatic heterocycles. The van der Waals surface area contributed by atoms with Crippen LogP contribution in [0.15, 0.2) is 30.0 Å². The highest BCUT2D eigenvalue weighted by Crippen LogP contribution is 2.59. The number of rotatable bonds is 4. The molecule has 0 saturated carbocycles. The van der Waals surface area contributed by atoms with Gasteiger partial charge in [0.1, 0.15) is 0 Å². The summed E-state index contributed by atoms with van der Waals surface area (Å²) in [5.41, 5.74) is 0. The van der Waals surface area contributed by atoms with E-state index in [0.717, 1.165) is 8.95 Å². The standard InChI is InChI=1S/C22H14Br4N2S6/c1-27(2)9-5-7(23)13(29-9)15-11(25)17-19(31-15)21-22(33-17)20-18(34-21)12(26)16(32-20)14-8(24)6-10(30-14)28(3)4/h5-6H,1-4H3. The van der Waals surface area contributed by atoms with Crippen molar-refractivity contribution in [1.82, 2.24) is 0 Å². The zero-order valence-electron chi connectivity index (χ0n) is 18.0. The van der Waals surface area contributed by atoms with Crippen molar-refractivity contribution >= 4 is 170 Å². The van der Waals surface area contributed by atoms with Gasteiger partial charge in [-0.3, -0.25) is 0 Å². The molecule has 0 atom stereocenters. The molecule has 0 bridgehead atoms. The molecule has 2 nitrogen and oxygen atoms in total. The first kappa shape index (κ1) is 24.8. The van der Waals surface area contributed by atoms with Crippen LogP contribution < -0.4 is 9.80 Å². The van der Waals surface area contributed by atoms with E-state index in [9.17, 15) is 0 Å². The molecular weight excluding hydrogens is 804 g/mol. The van der Waals surface area contributed by atoms with Crippen molar-refractivity contribution in [2.45, 2.75) is 0 Å². The fourth-order valence-electron chi connectivity index (χ4n) is 3.62. The van der Waals surface area contributed by atoms with Gasteiger partial charge in [-0.25, -0.2) is 0 Å². The Morgan fingerprint density at radius 1 is 0.471 bits per heavy atom. The summed E-state index contributed by atoms with van der Waals surface area (Å²) in [7, 11) is 8.37. The first-order chi connectivity index (χ1) is 16.2. The van der Waals surface area contributed by atoms with Crippen LogP contribution in [0, 0.1) is 0 Å². The first-order valence-corrected chi connectivity index (χ1v) is 17.9. The summed E-state index contributed by atoms with van der Waals surface area (Å²) < 4.78 is 13.1. The topological polar surface area (TPSA) is 6.48 Å². The van der Waals surface area contributed by atoms with E-state index >= 15 is 0 Å². The predicted octanol–water partition coefficient (Wildman–Crippen LogP) is 12.0. The van der Waals surface area contributed by atoms with Crippen LogP contribution in [0.1, 0.15) is 0 Å². The number of anilines is 2. The SMILES string of the molecule is CN(C)c1cc(Br)c(-c2sc3c(sc4c5sc(-c6sc(N(C)C)cc6Br)c(Br)c5sc34)c2Br)s1. The van der Waals surface area contributed by atoms with Crippen molar-refractivity contribution in [3.05, 3.63) is 30.0 Å². The Kier molecular flexibility index (Phi) is 6.61. The van der Waals surface area contributed by atoms with Crippen LogP contribution in [-0.2, 0) is 0 Å². The Balaban J connectivity index is 1.52. The molecule has 0 unspecified atom stereocenters. The molecule has 0 aliphatic rings. The number of hydrogen-bond acceptors (Lipinski definition) is 8. The molecule has 6 heterocycles. The second-order valence-corrected chi connectivity index (χ2v) is 17.4. The minimum Gasteiger partial charge on any atom is -0.370 e.